The molecule has 172 valence electrons. The zero-order chi connectivity index (χ0) is 22.9. The van der Waals surface area contributed by atoms with Crippen LogP contribution < -0.4 is 5.32 Å². The predicted octanol–water partition coefficient (Wildman–Crippen LogP) is 2.56. The van der Waals surface area contributed by atoms with Crippen LogP contribution in [-0.4, -0.2) is 74.4 Å². The zero-order valence-electron chi connectivity index (χ0n) is 18.0. The first-order valence-corrected chi connectivity index (χ1v) is 12.3. The molecule has 2 aromatic rings. The number of aliphatic hydroxyl groups excluding tert-OH is 1. The monoisotopic (exact) mass is 459 g/mol. The van der Waals surface area contributed by atoms with Crippen molar-refractivity contribution < 1.29 is 23.8 Å². The number of likely N-dealkylation sites (N-methyl/N-ethyl adjacent to an activating group) is 1. The number of rotatable bonds is 6. The van der Waals surface area contributed by atoms with Crippen LogP contribution in [0.15, 0.2) is 53.4 Å². The van der Waals surface area contributed by atoms with E-state index < -0.39 is 16.5 Å². The zero-order valence-corrected chi connectivity index (χ0v) is 18.8. The fourth-order valence-electron chi connectivity index (χ4n) is 4.34. The number of nitrogens with zero attached hydrogens (tertiary/aromatic N) is 2. The quantitative estimate of drug-likeness (QED) is 0.528. The van der Waals surface area contributed by atoms with Crippen molar-refractivity contribution in [3.8, 4) is 0 Å². The molecule has 32 heavy (non-hydrogen) atoms. The van der Waals surface area contributed by atoms with E-state index in [9.17, 15) is 23.8 Å². The highest BCUT2D eigenvalue weighted by Crippen LogP contribution is 2.53. The molecular weight excluding hydrogens is 430 g/mol. The topological polar surface area (TPSA) is 113 Å². The van der Waals surface area contributed by atoms with E-state index in [0.29, 0.717) is 29.2 Å². The number of hydrogen-bond donors (Lipinski definition) is 4. The lowest BCUT2D eigenvalue weighted by Crippen LogP contribution is -2.39. The molecule has 0 radical (unpaired) electrons. The minimum Gasteiger partial charge on any atom is -0.392 e. The smallest absolute Gasteiger partial charge is 0.244 e. The molecule has 2 aliphatic heterocycles. The molecule has 1 saturated heterocycles. The van der Waals surface area contributed by atoms with Crippen molar-refractivity contribution in [2.45, 2.75) is 29.9 Å². The van der Waals surface area contributed by atoms with Crippen LogP contribution in [-0.2, 0) is 16.0 Å². The van der Waals surface area contributed by atoms with Gasteiger partial charge in [-0.15, -0.1) is 0 Å². The van der Waals surface area contributed by atoms with Gasteiger partial charge in [-0.25, -0.2) is 0 Å². The van der Waals surface area contributed by atoms with Crippen LogP contribution in [0.5, 0.6) is 0 Å². The maximum atomic E-state index is 13.2. The Hall–Kier alpha value is -2.43. The number of β-amino-alcohol motifs (C(OH)–C–C–N with tert-alkyl or cyclic N) is 1. The average molecular weight is 460 g/mol. The number of nitrogens with one attached hydrogen (secondary N) is 1. The minimum atomic E-state index is -3.15. The van der Waals surface area contributed by atoms with E-state index >= 15 is 0 Å². The van der Waals surface area contributed by atoms with Crippen LogP contribution >= 0.6 is 10.6 Å². The Morgan fingerprint density at radius 3 is 2.69 bits per heavy atom. The second-order valence-corrected chi connectivity index (χ2v) is 10.6. The Morgan fingerprint density at radius 1 is 1.25 bits per heavy atom. The molecule has 2 heterocycles. The molecule has 8 nitrogen and oxygen atoms in total. The second-order valence-electron chi connectivity index (χ2n) is 8.50. The summed E-state index contributed by atoms with van der Waals surface area (Å²) in [6, 6.07) is 14.6. The fourth-order valence-corrected chi connectivity index (χ4v) is 5.68. The molecule has 4 rings (SSSR count). The van der Waals surface area contributed by atoms with E-state index in [1.165, 1.54) is 0 Å². The summed E-state index contributed by atoms with van der Waals surface area (Å²) in [5, 5.41) is 12.6. The van der Waals surface area contributed by atoms with Gasteiger partial charge in [0, 0.05) is 26.7 Å². The molecule has 2 atom stereocenters. The third-order valence-electron chi connectivity index (χ3n) is 6.08. The number of fused-ring (bicyclic) bond motifs is 1. The van der Waals surface area contributed by atoms with Crippen molar-refractivity contribution in [3.63, 3.8) is 0 Å². The lowest BCUT2D eigenvalue weighted by atomic mass is 10.0. The molecule has 0 bridgehead atoms. The molecule has 1 unspecified atom stereocenters. The number of aliphatic hydroxyl groups is 1. The maximum absolute atomic E-state index is 13.2. The molecule has 0 spiro atoms. The molecule has 4 N–H and O–H groups in total. The van der Waals surface area contributed by atoms with Crippen LogP contribution in [0.25, 0.3) is 0 Å². The number of anilines is 1. The standard InChI is InChI=1S/C23H29N3O5S/c1-25(20(17-5-3-2-4-6-17)14-26-10-9-18(27)13-26)23(29)12-16-7-8-21-19(11-16)24-22(28)15-32(21,30)31/h2-8,11,18,20,27,30-31H,9-10,12-15H2,1H3,(H,24,28)/t18?,20-/m1/s1. The molecule has 2 aromatic carbocycles. The number of likely N-dealkylation sites (tertiary alicyclic amines) is 1. The molecule has 9 heteroatoms. The van der Waals surface area contributed by atoms with E-state index in [1.807, 2.05) is 30.3 Å². The molecule has 1 fully saturated rings. The van der Waals surface area contributed by atoms with Gasteiger partial charge in [-0.2, -0.15) is 10.6 Å². The van der Waals surface area contributed by atoms with Gasteiger partial charge in [0.2, 0.25) is 11.8 Å². The predicted molar refractivity (Wildman–Crippen MR) is 124 cm³/mol. The molecule has 0 saturated carbocycles. The third-order valence-corrected chi connectivity index (χ3v) is 7.81. The van der Waals surface area contributed by atoms with E-state index in [1.54, 1.807) is 30.1 Å². The van der Waals surface area contributed by atoms with Crippen LogP contribution in [0, 0.1) is 0 Å². The first kappa shape index (κ1) is 22.8. The van der Waals surface area contributed by atoms with Gasteiger partial charge in [0.05, 0.1) is 29.1 Å². The second kappa shape index (κ2) is 9.21. The summed E-state index contributed by atoms with van der Waals surface area (Å²) in [5.41, 5.74) is 2.05. The van der Waals surface area contributed by atoms with Crippen LogP contribution in [0.1, 0.15) is 23.6 Å². The lowest BCUT2D eigenvalue weighted by molar-refractivity contribution is -0.131. The summed E-state index contributed by atoms with van der Waals surface area (Å²) in [7, 11) is -1.37. The van der Waals surface area contributed by atoms with E-state index in [-0.39, 0.29) is 30.2 Å². The number of benzene rings is 2. The van der Waals surface area contributed by atoms with E-state index in [4.69, 9.17) is 0 Å². The Kier molecular flexibility index (Phi) is 6.55. The van der Waals surface area contributed by atoms with Crippen molar-refractivity contribution in [1.29, 1.82) is 0 Å². The SMILES string of the molecule is CN(C(=O)Cc1ccc2c(c1)NC(=O)CS2(O)O)[C@H](CN1CCC(O)C1)c1ccccc1. The number of hydrogen-bond acceptors (Lipinski definition) is 6. The first-order valence-electron chi connectivity index (χ1n) is 10.6. The van der Waals surface area contributed by atoms with Crippen molar-refractivity contribution in [2.75, 3.05) is 37.8 Å². The molecule has 0 aliphatic carbocycles. The highest BCUT2D eigenvalue weighted by atomic mass is 32.3. The van der Waals surface area contributed by atoms with Crippen LogP contribution in [0.2, 0.25) is 0 Å². The Balaban J connectivity index is 1.52. The summed E-state index contributed by atoms with van der Waals surface area (Å²) in [4.78, 5) is 29.2. The number of carbonyl (C=O) groups is 2. The number of amides is 2. The summed E-state index contributed by atoms with van der Waals surface area (Å²) in [6.45, 7) is 2.02. The van der Waals surface area contributed by atoms with Gasteiger partial charge < -0.3 is 15.3 Å². The summed E-state index contributed by atoms with van der Waals surface area (Å²) in [6.07, 6.45) is 0.523. The van der Waals surface area contributed by atoms with Crippen LogP contribution in [0.3, 0.4) is 0 Å². The normalized spacial score (nSPS) is 22.0. The maximum Gasteiger partial charge on any atom is 0.244 e. The van der Waals surface area contributed by atoms with Crippen molar-refractivity contribution >= 4 is 28.1 Å². The van der Waals surface area contributed by atoms with Crippen molar-refractivity contribution in [1.82, 2.24) is 9.80 Å². The molecular formula is C23H29N3O5S. The van der Waals surface area contributed by atoms with Gasteiger partial charge in [-0.3, -0.25) is 23.6 Å². The van der Waals surface area contributed by atoms with E-state index in [0.717, 1.165) is 18.5 Å². The first-order chi connectivity index (χ1) is 15.2. The highest BCUT2D eigenvalue weighted by Gasteiger charge is 2.31. The lowest BCUT2D eigenvalue weighted by Gasteiger charge is -2.37. The molecule has 0 aromatic heterocycles. The van der Waals surface area contributed by atoms with Gasteiger partial charge in [-0.1, -0.05) is 36.4 Å². The fraction of sp³-hybridized carbons (Fsp3) is 0.391. The summed E-state index contributed by atoms with van der Waals surface area (Å²) < 4.78 is 20.4. The average Bonchev–Trinajstić information content (AvgIpc) is 3.16. The van der Waals surface area contributed by atoms with Gasteiger partial charge in [0.1, 0.15) is 5.75 Å². The van der Waals surface area contributed by atoms with Gasteiger partial charge >= 0.3 is 0 Å². The van der Waals surface area contributed by atoms with Gasteiger partial charge in [-0.05, 0) is 29.7 Å². The largest absolute Gasteiger partial charge is 0.392 e. The third kappa shape index (κ3) is 4.97. The Labute approximate surface area is 189 Å². The molecule has 2 amide bonds. The minimum absolute atomic E-state index is 0.0905. The van der Waals surface area contributed by atoms with Gasteiger partial charge in [0.25, 0.3) is 0 Å². The van der Waals surface area contributed by atoms with Crippen molar-refractivity contribution in [3.05, 3.63) is 59.7 Å². The molecule has 2 aliphatic rings. The number of carbonyl (C=O) groups excluding carboxylic acids is 2. The van der Waals surface area contributed by atoms with Crippen molar-refractivity contribution in [2.24, 2.45) is 0 Å². The summed E-state index contributed by atoms with van der Waals surface area (Å²) in [5.74, 6) is -0.882. The van der Waals surface area contributed by atoms with E-state index in [2.05, 4.69) is 10.2 Å². The van der Waals surface area contributed by atoms with Gasteiger partial charge in [0.15, 0.2) is 0 Å². The highest BCUT2D eigenvalue weighted by molar-refractivity contribution is 8.25. The summed E-state index contributed by atoms with van der Waals surface area (Å²) >= 11 is 0. The Morgan fingerprint density at radius 2 is 2.00 bits per heavy atom. The van der Waals surface area contributed by atoms with Crippen LogP contribution in [0.4, 0.5) is 5.69 Å². The Bertz CT molecular complexity index is 1000.